The second-order valence-corrected chi connectivity index (χ2v) is 10.8. The van der Waals surface area contributed by atoms with Gasteiger partial charge < -0.3 is 10.2 Å². The molecule has 2 heterocycles. The summed E-state index contributed by atoms with van der Waals surface area (Å²) >= 11 is 13.2. The lowest BCUT2D eigenvalue weighted by Crippen LogP contribution is -2.39. The second-order valence-electron chi connectivity index (χ2n) is 6.82. The highest BCUT2D eigenvalue weighted by atomic mass is 35.5. The Labute approximate surface area is 183 Å². The molecule has 1 amide bonds. The van der Waals surface area contributed by atoms with Crippen molar-refractivity contribution in [1.29, 1.82) is 0 Å². The maximum Gasteiger partial charge on any atom is 0.234 e. The van der Waals surface area contributed by atoms with Crippen LogP contribution >= 0.6 is 35.0 Å². The predicted octanol–water partition coefficient (Wildman–Crippen LogP) is 3.71. The minimum Gasteiger partial charge on any atom is -0.325 e. The normalized spacial score (nSPS) is 22.3. The Morgan fingerprint density at radius 1 is 1.14 bits per heavy atom. The zero-order chi connectivity index (χ0) is 20.6. The van der Waals surface area contributed by atoms with Crippen LogP contribution < -0.4 is 10.2 Å². The Hall–Kier alpha value is -1.74. The van der Waals surface area contributed by atoms with Crippen LogP contribution in [0.4, 0.5) is 11.4 Å². The largest absolute Gasteiger partial charge is 0.325 e. The SMILES string of the molecule is O=C(CSC1=N[C@@H]2CS(=O)(=O)C[C@H]2N1c1ccc(Cl)cc1)Nc1cccc(Cl)c1. The van der Waals surface area contributed by atoms with Gasteiger partial charge in [-0.2, -0.15) is 0 Å². The topological polar surface area (TPSA) is 78.8 Å². The number of nitrogens with zero attached hydrogens (tertiary/aromatic N) is 2. The molecule has 2 atom stereocenters. The Morgan fingerprint density at radius 2 is 1.90 bits per heavy atom. The van der Waals surface area contributed by atoms with Crippen LogP contribution in [0.25, 0.3) is 0 Å². The van der Waals surface area contributed by atoms with Crippen LogP contribution in [0, 0.1) is 0 Å². The zero-order valence-corrected chi connectivity index (χ0v) is 18.2. The summed E-state index contributed by atoms with van der Waals surface area (Å²) in [5, 5.41) is 4.57. The molecular formula is C19H17Cl2N3O3S2. The number of rotatable bonds is 4. The van der Waals surface area contributed by atoms with Crippen LogP contribution in [-0.2, 0) is 14.6 Å². The summed E-state index contributed by atoms with van der Waals surface area (Å²) in [6, 6.07) is 13.5. The highest BCUT2D eigenvalue weighted by Gasteiger charge is 2.47. The molecule has 0 saturated carbocycles. The van der Waals surface area contributed by atoms with Crippen molar-refractivity contribution in [1.82, 2.24) is 0 Å². The van der Waals surface area contributed by atoms with Crippen molar-refractivity contribution in [3.63, 3.8) is 0 Å². The molecule has 29 heavy (non-hydrogen) atoms. The summed E-state index contributed by atoms with van der Waals surface area (Å²) in [4.78, 5) is 18.9. The van der Waals surface area contributed by atoms with Crippen LogP contribution in [0.2, 0.25) is 10.0 Å². The maximum absolute atomic E-state index is 12.4. The third-order valence-corrected chi connectivity index (χ3v) is 7.81. The number of hydrogen-bond donors (Lipinski definition) is 1. The number of thioether (sulfide) groups is 1. The zero-order valence-electron chi connectivity index (χ0n) is 15.1. The number of carbonyl (C=O) groups is 1. The molecule has 2 aliphatic heterocycles. The first-order chi connectivity index (χ1) is 13.8. The average Bonchev–Trinajstić information content (AvgIpc) is 3.12. The van der Waals surface area contributed by atoms with Gasteiger partial charge in [0.25, 0.3) is 0 Å². The van der Waals surface area contributed by atoms with Crippen LogP contribution in [0.15, 0.2) is 53.5 Å². The van der Waals surface area contributed by atoms with Crippen molar-refractivity contribution in [3.05, 3.63) is 58.6 Å². The van der Waals surface area contributed by atoms with Gasteiger partial charge in [0.1, 0.15) is 0 Å². The summed E-state index contributed by atoms with van der Waals surface area (Å²) in [6.45, 7) is 0. The Kier molecular flexibility index (Phi) is 5.79. The van der Waals surface area contributed by atoms with Crippen LogP contribution in [0.1, 0.15) is 0 Å². The molecule has 0 aromatic heterocycles. The lowest BCUT2D eigenvalue weighted by molar-refractivity contribution is -0.113. The fourth-order valence-corrected chi connectivity index (χ4v) is 6.51. The molecule has 1 fully saturated rings. The van der Waals surface area contributed by atoms with Gasteiger partial charge in [0.05, 0.1) is 29.3 Å². The third kappa shape index (κ3) is 4.71. The molecule has 6 nitrogen and oxygen atoms in total. The van der Waals surface area contributed by atoms with Crippen LogP contribution in [-0.4, -0.2) is 48.8 Å². The second kappa shape index (κ2) is 8.18. The third-order valence-electron chi connectivity index (χ3n) is 4.65. The smallest absolute Gasteiger partial charge is 0.234 e. The molecule has 10 heteroatoms. The number of hydrogen-bond acceptors (Lipinski definition) is 6. The number of amidine groups is 1. The van der Waals surface area contributed by atoms with E-state index in [0.717, 1.165) is 5.69 Å². The molecule has 1 N–H and O–H groups in total. The first-order valence-corrected chi connectivity index (χ1v) is 12.4. The fourth-order valence-electron chi connectivity index (χ4n) is 3.43. The van der Waals surface area contributed by atoms with Gasteiger partial charge in [0.2, 0.25) is 5.91 Å². The molecule has 2 aromatic rings. The van der Waals surface area contributed by atoms with Gasteiger partial charge in [-0.25, -0.2) is 8.42 Å². The number of halogens is 2. The van der Waals surface area contributed by atoms with Gasteiger partial charge >= 0.3 is 0 Å². The summed E-state index contributed by atoms with van der Waals surface area (Å²) < 4.78 is 24.2. The summed E-state index contributed by atoms with van der Waals surface area (Å²) in [7, 11) is -3.13. The summed E-state index contributed by atoms with van der Waals surface area (Å²) in [6.07, 6.45) is 0. The first kappa shape index (κ1) is 20.5. The van der Waals surface area contributed by atoms with Crippen molar-refractivity contribution in [2.24, 2.45) is 4.99 Å². The van der Waals surface area contributed by atoms with Gasteiger partial charge in [-0.15, -0.1) is 0 Å². The van der Waals surface area contributed by atoms with E-state index in [1.54, 1.807) is 36.4 Å². The minimum absolute atomic E-state index is 0.0283. The highest BCUT2D eigenvalue weighted by Crippen LogP contribution is 2.35. The molecule has 152 valence electrons. The van der Waals surface area contributed by atoms with Crippen molar-refractivity contribution < 1.29 is 13.2 Å². The number of carbonyl (C=O) groups excluding carboxylic acids is 1. The van der Waals surface area contributed by atoms with E-state index < -0.39 is 9.84 Å². The van der Waals surface area contributed by atoms with Gasteiger partial charge in [-0.3, -0.25) is 9.79 Å². The van der Waals surface area contributed by atoms with E-state index in [9.17, 15) is 13.2 Å². The fraction of sp³-hybridized carbons (Fsp3) is 0.263. The number of nitrogens with one attached hydrogen (secondary N) is 1. The van der Waals surface area contributed by atoms with E-state index in [4.69, 9.17) is 23.2 Å². The first-order valence-electron chi connectivity index (χ1n) is 8.82. The molecule has 4 rings (SSSR count). The molecule has 0 bridgehead atoms. The highest BCUT2D eigenvalue weighted by molar-refractivity contribution is 8.14. The molecule has 2 aromatic carbocycles. The van der Waals surface area contributed by atoms with Crippen LogP contribution in [0.3, 0.4) is 0 Å². The van der Waals surface area contributed by atoms with E-state index in [0.29, 0.717) is 20.9 Å². The van der Waals surface area contributed by atoms with E-state index >= 15 is 0 Å². The van der Waals surface area contributed by atoms with E-state index in [1.807, 2.05) is 17.0 Å². The molecular weight excluding hydrogens is 453 g/mol. The van der Waals surface area contributed by atoms with Crippen LogP contribution in [0.5, 0.6) is 0 Å². The quantitative estimate of drug-likeness (QED) is 0.737. The summed E-state index contributed by atoms with van der Waals surface area (Å²) in [5.74, 6) is 0.0192. The molecule has 1 saturated heterocycles. The Bertz CT molecular complexity index is 1070. The number of anilines is 2. The number of sulfone groups is 1. The minimum atomic E-state index is -3.13. The van der Waals surface area contributed by atoms with E-state index in [1.165, 1.54) is 11.8 Å². The van der Waals surface area contributed by atoms with E-state index in [-0.39, 0.29) is 35.2 Å². The maximum atomic E-state index is 12.4. The monoisotopic (exact) mass is 469 g/mol. The number of benzene rings is 2. The Morgan fingerprint density at radius 3 is 2.62 bits per heavy atom. The molecule has 0 aliphatic carbocycles. The molecule has 2 aliphatic rings. The van der Waals surface area contributed by atoms with E-state index in [2.05, 4.69) is 10.3 Å². The van der Waals surface area contributed by atoms with Gasteiger partial charge in [-0.1, -0.05) is 41.0 Å². The number of amides is 1. The molecule has 0 unspecified atom stereocenters. The lowest BCUT2D eigenvalue weighted by Gasteiger charge is -2.26. The number of fused-ring (bicyclic) bond motifs is 1. The van der Waals surface area contributed by atoms with Crippen molar-refractivity contribution in [2.75, 3.05) is 27.5 Å². The average molecular weight is 470 g/mol. The standard InChI is InChI=1S/C19H17Cl2N3O3S2/c20-12-4-6-15(7-5-12)24-17-11-29(26,27)10-16(17)23-19(24)28-9-18(25)22-14-3-1-2-13(21)8-14/h1-8,16-17H,9-11H2,(H,22,25)/t16-,17-/m1/s1. The molecule has 0 spiro atoms. The van der Waals surface area contributed by atoms with Crippen molar-refractivity contribution in [3.8, 4) is 0 Å². The van der Waals surface area contributed by atoms with Gasteiger partial charge in [-0.05, 0) is 42.5 Å². The van der Waals surface area contributed by atoms with Crippen molar-refractivity contribution in [2.45, 2.75) is 12.1 Å². The van der Waals surface area contributed by atoms with Gasteiger partial charge in [0, 0.05) is 21.4 Å². The summed E-state index contributed by atoms with van der Waals surface area (Å²) in [5.41, 5.74) is 1.43. The predicted molar refractivity (Wildman–Crippen MR) is 120 cm³/mol. The van der Waals surface area contributed by atoms with Crippen molar-refractivity contribution >= 4 is 67.3 Å². The lowest BCUT2D eigenvalue weighted by atomic mass is 10.1. The van der Waals surface area contributed by atoms with Gasteiger partial charge in [0.15, 0.2) is 15.0 Å². The number of aliphatic imine (C=N–C) groups is 1. The molecule has 0 radical (unpaired) electrons. The Balaban J connectivity index is 1.50.